The lowest BCUT2D eigenvalue weighted by Gasteiger charge is -2.26. The van der Waals surface area contributed by atoms with Crippen molar-refractivity contribution in [2.24, 2.45) is 17.6 Å². The van der Waals surface area contributed by atoms with E-state index in [4.69, 9.17) is 20.2 Å². The summed E-state index contributed by atoms with van der Waals surface area (Å²) in [5.74, 6) is 2.35. The lowest BCUT2D eigenvalue weighted by atomic mass is 10.1. The van der Waals surface area contributed by atoms with Crippen molar-refractivity contribution >= 4 is 39.4 Å². The number of ether oxygens (including phenoxy) is 2. The zero-order valence-corrected chi connectivity index (χ0v) is 19.7. The van der Waals surface area contributed by atoms with Crippen LogP contribution in [0.5, 0.6) is 11.8 Å². The van der Waals surface area contributed by atoms with Crippen LogP contribution in [0.2, 0.25) is 0 Å². The molecular formula is C24H26FN9O2. The van der Waals surface area contributed by atoms with Crippen molar-refractivity contribution in [3.63, 3.8) is 0 Å². The quantitative estimate of drug-likeness (QED) is 0.382. The number of aromatic nitrogens is 5. The molecule has 1 aromatic carbocycles. The van der Waals surface area contributed by atoms with Crippen molar-refractivity contribution < 1.29 is 13.9 Å². The molecule has 12 heteroatoms. The summed E-state index contributed by atoms with van der Waals surface area (Å²) < 4.78 is 25.9. The summed E-state index contributed by atoms with van der Waals surface area (Å²) >= 11 is 0. The molecule has 0 amide bonds. The smallest absolute Gasteiger partial charge is 0.326 e. The highest BCUT2D eigenvalue weighted by Gasteiger charge is 2.54. The maximum absolute atomic E-state index is 14.5. The van der Waals surface area contributed by atoms with E-state index in [-0.39, 0.29) is 17.9 Å². The third-order valence-electron chi connectivity index (χ3n) is 7.43. The Morgan fingerprint density at radius 3 is 2.58 bits per heavy atom. The van der Waals surface area contributed by atoms with E-state index < -0.39 is 0 Å². The van der Waals surface area contributed by atoms with Gasteiger partial charge in [0.15, 0.2) is 5.75 Å². The first-order chi connectivity index (χ1) is 17.6. The average molecular weight is 492 g/mol. The number of anilines is 3. The Morgan fingerprint density at radius 2 is 1.86 bits per heavy atom. The van der Waals surface area contributed by atoms with Gasteiger partial charge in [-0.1, -0.05) is 0 Å². The normalized spacial score (nSPS) is 23.4. The van der Waals surface area contributed by atoms with Crippen LogP contribution in [0.1, 0.15) is 0 Å². The minimum absolute atomic E-state index is 0.170. The van der Waals surface area contributed by atoms with Crippen LogP contribution in [-0.4, -0.2) is 77.4 Å². The van der Waals surface area contributed by atoms with E-state index in [2.05, 4.69) is 35.1 Å². The first-order valence-electron chi connectivity index (χ1n) is 12.1. The van der Waals surface area contributed by atoms with Crippen LogP contribution in [-0.2, 0) is 4.74 Å². The van der Waals surface area contributed by atoms with Gasteiger partial charge in [0.25, 0.3) is 0 Å². The van der Waals surface area contributed by atoms with Crippen LogP contribution in [0.3, 0.4) is 0 Å². The zero-order chi connectivity index (χ0) is 24.4. The molecule has 0 spiro atoms. The number of fused-ring (bicyclic) bond motifs is 4. The first-order valence-corrected chi connectivity index (χ1v) is 12.1. The second-order valence-corrected chi connectivity index (χ2v) is 9.53. The van der Waals surface area contributed by atoms with Gasteiger partial charge in [0.05, 0.1) is 42.2 Å². The summed E-state index contributed by atoms with van der Waals surface area (Å²) in [6.07, 6.45) is 3.24. The number of nitrogens with two attached hydrogens (primary N) is 1. The number of nitrogens with zero attached hydrogens (tertiary/aromatic N) is 6. The number of hydrogen-bond donors (Lipinski definition) is 3. The van der Waals surface area contributed by atoms with Gasteiger partial charge in [-0.25, -0.2) is 14.4 Å². The van der Waals surface area contributed by atoms with E-state index in [9.17, 15) is 4.39 Å². The Balaban J connectivity index is 1.28. The zero-order valence-electron chi connectivity index (χ0n) is 19.7. The van der Waals surface area contributed by atoms with Gasteiger partial charge in [-0.3, -0.25) is 0 Å². The van der Waals surface area contributed by atoms with Crippen LogP contribution in [0.15, 0.2) is 24.5 Å². The largest absolute Gasteiger partial charge is 0.421 e. The van der Waals surface area contributed by atoms with Crippen molar-refractivity contribution in [3.8, 4) is 11.8 Å². The SMILES string of the molecule is CNc1cc(F)cc2c1[nH]c1nc(Oc3cnc(N4CCOCC4)nc3)nc(N3CC4C(N)C4C3)c12. The van der Waals surface area contributed by atoms with Crippen molar-refractivity contribution in [2.75, 3.05) is 61.6 Å². The third-order valence-corrected chi connectivity index (χ3v) is 7.43. The molecule has 186 valence electrons. The molecule has 3 aromatic heterocycles. The van der Waals surface area contributed by atoms with Crippen molar-refractivity contribution in [2.45, 2.75) is 6.04 Å². The lowest BCUT2D eigenvalue weighted by Crippen LogP contribution is -2.37. The Morgan fingerprint density at radius 1 is 1.11 bits per heavy atom. The van der Waals surface area contributed by atoms with Gasteiger partial charge in [0.1, 0.15) is 17.3 Å². The second-order valence-electron chi connectivity index (χ2n) is 9.53. The van der Waals surface area contributed by atoms with Crippen LogP contribution >= 0.6 is 0 Å². The Labute approximate surface area is 205 Å². The molecule has 5 heterocycles. The van der Waals surface area contributed by atoms with Crippen molar-refractivity contribution in [1.82, 2.24) is 24.9 Å². The first kappa shape index (κ1) is 21.5. The summed E-state index contributed by atoms with van der Waals surface area (Å²) in [5, 5.41) is 4.55. The van der Waals surface area contributed by atoms with Crippen molar-refractivity contribution in [3.05, 3.63) is 30.3 Å². The number of aromatic amines is 1. The molecule has 2 saturated heterocycles. The maximum atomic E-state index is 14.5. The summed E-state index contributed by atoms with van der Waals surface area (Å²) in [6, 6.07) is 3.39. The molecule has 1 saturated carbocycles. The number of nitrogens with one attached hydrogen (secondary N) is 2. The topological polar surface area (TPSA) is 130 Å². The Kier molecular flexibility index (Phi) is 4.86. The van der Waals surface area contributed by atoms with Gasteiger partial charge in [0, 0.05) is 44.7 Å². The minimum Gasteiger partial charge on any atom is -0.421 e. The number of benzene rings is 1. The molecule has 11 nitrogen and oxygen atoms in total. The van der Waals surface area contributed by atoms with Crippen LogP contribution in [0, 0.1) is 17.7 Å². The number of piperidine rings is 1. The molecule has 36 heavy (non-hydrogen) atoms. The van der Waals surface area contributed by atoms with E-state index in [1.165, 1.54) is 12.1 Å². The van der Waals surface area contributed by atoms with Gasteiger partial charge in [-0.05, 0) is 24.0 Å². The molecule has 4 aromatic rings. The monoisotopic (exact) mass is 491 g/mol. The van der Waals surface area contributed by atoms with E-state index >= 15 is 0 Å². The van der Waals surface area contributed by atoms with Crippen LogP contribution < -0.4 is 25.6 Å². The summed E-state index contributed by atoms with van der Waals surface area (Å²) in [5.41, 5.74) is 8.16. The molecule has 0 bridgehead atoms. The number of hydrogen-bond acceptors (Lipinski definition) is 10. The highest BCUT2D eigenvalue weighted by atomic mass is 19.1. The van der Waals surface area contributed by atoms with Crippen molar-refractivity contribution in [1.29, 1.82) is 0 Å². The molecule has 3 fully saturated rings. The summed E-state index contributed by atoms with van der Waals surface area (Å²) in [4.78, 5) is 25.9. The van der Waals surface area contributed by atoms with E-state index in [1.807, 2.05) is 0 Å². The number of morpholine rings is 1. The average Bonchev–Trinajstić information content (AvgIpc) is 3.23. The van der Waals surface area contributed by atoms with Gasteiger partial charge < -0.3 is 35.3 Å². The van der Waals surface area contributed by atoms with Gasteiger partial charge in [-0.15, -0.1) is 0 Å². The predicted molar refractivity (Wildman–Crippen MR) is 133 cm³/mol. The van der Waals surface area contributed by atoms with Gasteiger partial charge in [0.2, 0.25) is 5.95 Å². The van der Waals surface area contributed by atoms with Crippen LogP contribution in [0.25, 0.3) is 21.9 Å². The molecule has 7 rings (SSSR count). The Hall–Kier alpha value is -3.77. The summed E-state index contributed by atoms with van der Waals surface area (Å²) in [6.45, 7) is 4.42. The molecule has 4 N–H and O–H groups in total. The maximum Gasteiger partial charge on any atom is 0.326 e. The molecular weight excluding hydrogens is 465 g/mol. The highest BCUT2D eigenvalue weighted by molar-refractivity contribution is 6.14. The van der Waals surface area contributed by atoms with E-state index in [0.717, 1.165) is 42.5 Å². The molecule has 2 unspecified atom stereocenters. The second kappa shape index (κ2) is 8.14. The number of rotatable bonds is 5. The molecule has 3 aliphatic rings. The summed E-state index contributed by atoms with van der Waals surface area (Å²) in [7, 11) is 1.76. The fourth-order valence-electron chi connectivity index (χ4n) is 5.44. The molecule has 0 radical (unpaired) electrons. The van der Waals surface area contributed by atoms with E-state index in [0.29, 0.717) is 53.9 Å². The van der Waals surface area contributed by atoms with Crippen LogP contribution in [0.4, 0.5) is 21.8 Å². The Bertz CT molecular complexity index is 1440. The van der Waals surface area contributed by atoms with Gasteiger partial charge >= 0.3 is 6.01 Å². The highest BCUT2D eigenvalue weighted by Crippen LogP contribution is 2.47. The number of halogens is 1. The fourth-order valence-corrected chi connectivity index (χ4v) is 5.44. The number of H-pyrrole nitrogens is 1. The standard InChI is InChI=1S/C24H26FN9O2/c1-27-17-7-12(25)6-14-18-21(30-20(14)17)31-24(32-22(18)34-10-15-16(11-34)19(15)26)36-13-8-28-23(29-9-13)33-2-4-35-5-3-33/h6-9,15-16,19,27H,2-5,10-11,26H2,1H3,(H,30,31,32). The van der Waals surface area contributed by atoms with E-state index in [1.54, 1.807) is 19.4 Å². The van der Waals surface area contributed by atoms with Gasteiger partial charge in [-0.2, -0.15) is 9.97 Å². The fraction of sp³-hybridized carbons (Fsp3) is 0.417. The molecule has 2 aliphatic heterocycles. The third kappa shape index (κ3) is 3.47. The molecule has 2 atom stereocenters. The minimum atomic E-state index is -0.331. The predicted octanol–water partition coefficient (Wildman–Crippen LogP) is 2.10. The molecule has 1 aliphatic carbocycles. The lowest BCUT2D eigenvalue weighted by molar-refractivity contribution is 0.122.